The molecule has 0 unspecified atom stereocenters. The van der Waals surface area contributed by atoms with Crippen molar-refractivity contribution < 1.29 is 33.4 Å². The highest BCUT2D eigenvalue weighted by molar-refractivity contribution is 6.34. The molecule has 1 aliphatic rings. The molecule has 39 heavy (non-hydrogen) atoms. The van der Waals surface area contributed by atoms with E-state index in [4.69, 9.17) is 9.47 Å². The smallest absolute Gasteiger partial charge is 0.343 e. The number of carbonyl (C=O) groups excluding carboxylic acids is 5. The Labute approximate surface area is 223 Å². The van der Waals surface area contributed by atoms with Crippen molar-refractivity contribution in [2.45, 2.75) is 6.92 Å². The molecule has 0 aromatic heterocycles. The molecule has 0 bridgehead atoms. The second-order valence-corrected chi connectivity index (χ2v) is 8.82. The standard InChI is InChI=1S/C31H21NO7/c1-19-7-14-24(15-8-19)39-31(37)22-11-16-25-26(17-22)29(35)32(28(25)34)23-12-9-21(10-13-23)30(36)38-18-27(33)20-5-3-2-4-6-20/h2-17H,18H2,1H3. The topological polar surface area (TPSA) is 107 Å². The van der Waals surface area contributed by atoms with Gasteiger partial charge in [0.2, 0.25) is 0 Å². The molecule has 0 atom stereocenters. The number of imide groups is 1. The molecule has 1 aliphatic heterocycles. The highest BCUT2D eigenvalue weighted by atomic mass is 16.5. The fourth-order valence-corrected chi connectivity index (χ4v) is 4.04. The van der Waals surface area contributed by atoms with Gasteiger partial charge < -0.3 is 9.47 Å². The second-order valence-electron chi connectivity index (χ2n) is 8.82. The molecule has 2 amide bonds. The van der Waals surface area contributed by atoms with Crippen LogP contribution >= 0.6 is 0 Å². The van der Waals surface area contributed by atoms with E-state index in [0.717, 1.165) is 10.5 Å². The van der Waals surface area contributed by atoms with Crippen molar-refractivity contribution in [2.24, 2.45) is 0 Å². The largest absolute Gasteiger partial charge is 0.454 e. The Kier molecular flexibility index (Phi) is 6.84. The number of fused-ring (bicyclic) bond motifs is 1. The summed E-state index contributed by atoms with van der Waals surface area (Å²) in [6, 6.07) is 25.2. The van der Waals surface area contributed by atoms with Crippen molar-refractivity contribution in [3.8, 4) is 5.75 Å². The molecule has 0 saturated carbocycles. The number of nitrogens with zero attached hydrogens (tertiary/aromatic N) is 1. The summed E-state index contributed by atoms with van der Waals surface area (Å²) in [5.74, 6) is -2.52. The zero-order chi connectivity index (χ0) is 27.5. The van der Waals surface area contributed by atoms with E-state index in [0.29, 0.717) is 11.3 Å². The van der Waals surface area contributed by atoms with Crippen LogP contribution in [0.15, 0.2) is 97.1 Å². The van der Waals surface area contributed by atoms with Gasteiger partial charge in [0.25, 0.3) is 11.8 Å². The minimum Gasteiger partial charge on any atom is -0.454 e. The summed E-state index contributed by atoms with van der Waals surface area (Å²) >= 11 is 0. The Hall–Kier alpha value is -5.37. The number of hydrogen-bond acceptors (Lipinski definition) is 7. The summed E-state index contributed by atoms with van der Waals surface area (Å²) in [6.07, 6.45) is 0. The minimum atomic E-state index is -0.718. The second kappa shape index (κ2) is 10.5. The predicted octanol–water partition coefficient (Wildman–Crippen LogP) is 5.05. The lowest BCUT2D eigenvalue weighted by Gasteiger charge is -2.14. The molecule has 0 N–H and O–H groups in total. The number of Topliss-reactive ketones (excluding diaryl/α,β-unsaturated/α-hetero) is 1. The lowest BCUT2D eigenvalue weighted by molar-refractivity contribution is 0.0474. The highest BCUT2D eigenvalue weighted by Gasteiger charge is 2.37. The molecular weight excluding hydrogens is 498 g/mol. The van der Waals surface area contributed by atoms with Crippen molar-refractivity contribution >= 4 is 35.2 Å². The average Bonchev–Trinajstić information content (AvgIpc) is 3.22. The van der Waals surface area contributed by atoms with Crippen LogP contribution in [0.5, 0.6) is 5.75 Å². The minimum absolute atomic E-state index is 0.0706. The Balaban J connectivity index is 1.27. The monoisotopic (exact) mass is 519 g/mol. The third-order valence-corrected chi connectivity index (χ3v) is 6.15. The van der Waals surface area contributed by atoms with Crippen LogP contribution in [0.4, 0.5) is 5.69 Å². The lowest BCUT2D eigenvalue weighted by atomic mass is 10.1. The fraction of sp³-hybridized carbons (Fsp3) is 0.0645. The number of rotatable bonds is 7. The zero-order valence-corrected chi connectivity index (χ0v) is 20.7. The maximum absolute atomic E-state index is 13.1. The first-order chi connectivity index (χ1) is 18.8. The number of esters is 2. The Morgan fingerprint density at radius 2 is 1.31 bits per heavy atom. The third-order valence-electron chi connectivity index (χ3n) is 6.15. The molecule has 8 heteroatoms. The summed E-state index contributed by atoms with van der Waals surface area (Å²) in [6.45, 7) is 1.49. The van der Waals surface area contributed by atoms with Gasteiger partial charge in [-0.15, -0.1) is 0 Å². The van der Waals surface area contributed by atoms with E-state index in [1.54, 1.807) is 54.6 Å². The van der Waals surface area contributed by atoms with Crippen LogP contribution in [0.3, 0.4) is 0 Å². The van der Waals surface area contributed by atoms with Crippen molar-refractivity contribution in [2.75, 3.05) is 11.5 Å². The van der Waals surface area contributed by atoms with Crippen LogP contribution in [-0.4, -0.2) is 36.1 Å². The maximum atomic E-state index is 13.1. The van der Waals surface area contributed by atoms with Gasteiger partial charge in [-0.3, -0.25) is 14.4 Å². The Morgan fingerprint density at radius 1 is 0.667 bits per heavy atom. The molecule has 0 radical (unpaired) electrons. The number of anilines is 1. The van der Waals surface area contributed by atoms with Gasteiger partial charge in [-0.05, 0) is 61.5 Å². The first kappa shape index (κ1) is 25.3. The van der Waals surface area contributed by atoms with Gasteiger partial charge in [0, 0.05) is 5.56 Å². The summed E-state index contributed by atoms with van der Waals surface area (Å²) in [7, 11) is 0. The summed E-state index contributed by atoms with van der Waals surface area (Å²) in [4.78, 5) is 64.3. The van der Waals surface area contributed by atoms with Gasteiger partial charge in [0.15, 0.2) is 12.4 Å². The molecule has 4 aromatic carbocycles. The molecule has 1 heterocycles. The van der Waals surface area contributed by atoms with Crippen LogP contribution in [-0.2, 0) is 4.74 Å². The SMILES string of the molecule is Cc1ccc(OC(=O)c2ccc3c(c2)C(=O)N(c2ccc(C(=O)OCC(=O)c4ccccc4)cc2)C3=O)cc1. The van der Waals surface area contributed by atoms with E-state index in [2.05, 4.69) is 0 Å². The van der Waals surface area contributed by atoms with E-state index in [9.17, 15) is 24.0 Å². The maximum Gasteiger partial charge on any atom is 0.343 e. The van der Waals surface area contributed by atoms with Crippen molar-refractivity contribution in [3.63, 3.8) is 0 Å². The number of aryl methyl sites for hydroxylation is 1. The van der Waals surface area contributed by atoms with Crippen LogP contribution < -0.4 is 9.64 Å². The molecule has 8 nitrogen and oxygen atoms in total. The van der Waals surface area contributed by atoms with Crippen molar-refractivity contribution in [3.05, 3.63) is 130 Å². The van der Waals surface area contributed by atoms with Crippen molar-refractivity contribution in [1.82, 2.24) is 0 Å². The Bertz CT molecular complexity index is 1610. The van der Waals surface area contributed by atoms with Gasteiger partial charge in [0.05, 0.1) is 27.9 Å². The summed E-state index contributed by atoms with van der Waals surface area (Å²) in [5, 5.41) is 0. The number of carbonyl (C=O) groups is 5. The number of amides is 2. The molecular formula is C31H21NO7. The van der Waals surface area contributed by atoms with Crippen LogP contribution in [0.2, 0.25) is 0 Å². The van der Waals surface area contributed by atoms with E-state index in [-0.39, 0.29) is 33.7 Å². The van der Waals surface area contributed by atoms with E-state index >= 15 is 0 Å². The van der Waals surface area contributed by atoms with E-state index < -0.39 is 30.4 Å². The first-order valence-corrected chi connectivity index (χ1v) is 12.0. The quantitative estimate of drug-likeness (QED) is 0.145. The van der Waals surface area contributed by atoms with Gasteiger partial charge in [-0.2, -0.15) is 0 Å². The third kappa shape index (κ3) is 5.21. The highest BCUT2D eigenvalue weighted by Crippen LogP contribution is 2.30. The predicted molar refractivity (Wildman–Crippen MR) is 141 cm³/mol. The molecule has 4 aromatic rings. The van der Waals surface area contributed by atoms with Crippen LogP contribution in [0, 0.1) is 6.92 Å². The van der Waals surface area contributed by atoms with Crippen molar-refractivity contribution in [1.29, 1.82) is 0 Å². The molecule has 5 rings (SSSR count). The molecule has 192 valence electrons. The molecule has 0 saturated heterocycles. The zero-order valence-electron chi connectivity index (χ0n) is 20.7. The number of ether oxygens (including phenoxy) is 2. The Morgan fingerprint density at radius 3 is 2.00 bits per heavy atom. The van der Waals surface area contributed by atoms with Gasteiger partial charge in [-0.1, -0.05) is 48.0 Å². The molecule has 0 fully saturated rings. The van der Waals surface area contributed by atoms with Gasteiger partial charge >= 0.3 is 11.9 Å². The molecule has 0 spiro atoms. The molecule has 0 aliphatic carbocycles. The van der Waals surface area contributed by atoms with E-state index in [1.165, 1.54) is 42.5 Å². The van der Waals surface area contributed by atoms with Gasteiger partial charge in [-0.25, -0.2) is 14.5 Å². The summed E-state index contributed by atoms with van der Waals surface area (Å²) in [5.41, 5.74) is 2.17. The van der Waals surface area contributed by atoms with Crippen LogP contribution in [0.25, 0.3) is 0 Å². The normalized spacial score (nSPS) is 12.2. The van der Waals surface area contributed by atoms with E-state index in [1.807, 2.05) is 6.92 Å². The van der Waals surface area contributed by atoms with Crippen LogP contribution in [0.1, 0.15) is 57.4 Å². The number of hydrogen-bond donors (Lipinski definition) is 0. The number of ketones is 1. The summed E-state index contributed by atoms with van der Waals surface area (Å²) < 4.78 is 10.5. The van der Waals surface area contributed by atoms with Gasteiger partial charge in [0.1, 0.15) is 5.75 Å². The fourth-order valence-electron chi connectivity index (χ4n) is 4.04. The number of benzene rings is 4. The average molecular weight is 520 g/mol. The lowest BCUT2D eigenvalue weighted by Crippen LogP contribution is -2.29. The first-order valence-electron chi connectivity index (χ1n) is 12.0.